The first-order valence-electron chi connectivity index (χ1n) is 8.58. The molecule has 1 aromatic heterocycles. The van der Waals surface area contributed by atoms with Crippen molar-refractivity contribution in [2.24, 2.45) is 0 Å². The first-order valence-corrected chi connectivity index (χ1v) is 10.3. The van der Waals surface area contributed by atoms with E-state index in [-0.39, 0.29) is 11.9 Å². The summed E-state index contributed by atoms with van der Waals surface area (Å²) in [4.78, 5) is 14.2. The van der Waals surface area contributed by atoms with E-state index >= 15 is 0 Å². The molecule has 2 heterocycles. The summed E-state index contributed by atoms with van der Waals surface area (Å²) in [6, 6.07) is 15.2. The van der Waals surface area contributed by atoms with E-state index in [0.717, 1.165) is 28.3 Å². The summed E-state index contributed by atoms with van der Waals surface area (Å²) in [5, 5.41) is 8.55. The van der Waals surface area contributed by atoms with Crippen molar-refractivity contribution < 1.29 is 4.79 Å². The van der Waals surface area contributed by atoms with Crippen LogP contribution in [0.2, 0.25) is 10.2 Å². The largest absolute Gasteiger partial charge is 0.345 e. The number of benzene rings is 2. The van der Waals surface area contributed by atoms with E-state index in [1.54, 1.807) is 23.4 Å². The molecule has 0 bridgehead atoms. The lowest BCUT2D eigenvalue weighted by atomic mass is 10.0. The fourth-order valence-electron chi connectivity index (χ4n) is 3.24. The highest BCUT2D eigenvalue weighted by atomic mass is 35.5. The Morgan fingerprint density at radius 2 is 2.00 bits per heavy atom. The van der Waals surface area contributed by atoms with Crippen molar-refractivity contribution in [1.29, 1.82) is 0 Å². The van der Waals surface area contributed by atoms with Crippen LogP contribution >= 0.6 is 35.0 Å². The molecule has 4 nitrogen and oxygen atoms in total. The molecule has 1 N–H and O–H groups in total. The molecular formula is C20H17Cl2N3OS. The van der Waals surface area contributed by atoms with Crippen LogP contribution in [0.3, 0.4) is 0 Å². The topological polar surface area (TPSA) is 46.9 Å². The average molecular weight is 418 g/mol. The second-order valence-corrected chi connectivity index (χ2v) is 8.28. The van der Waals surface area contributed by atoms with Gasteiger partial charge in [-0.25, -0.2) is 4.68 Å². The third-order valence-corrected chi connectivity index (χ3v) is 6.26. The number of para-hydroxylation sites is 1. The lowest BCUT2D eigenvalue weighted by Crippen LogP contribution is -2.31. The van der Waals surface area contributed by atoms with E-state index in [0.29, 0.717) is 21.4 Å². The van der Waals surface area contributed by atoms with Gasteiger partial charge in [-0.1, -0.05) is 41.4 Å². The SMILES string of the molecule is Cc1nn(-c2ccccc2)c(Cl)c1C(=O)NC1CCSc2ccc(Cl)cc21. The van der Waals surface area contributed by atoms with Crippen molar-refractivity contribution in [2.75, 3.05) is 5.75 Å². The number of carbonyl (C=O) groups excluding carboxylic acids is 1. The minimum Gasteiger partial charge on any atom is -0.345 e. The van der Waals surface area contributed by atoms with Crippen molar-refractivity contribution in [3.05, 3.63) is 75.5 Å². The lowest BCUT2D eigenvalue weighted by molar-refractivity contribution is 0.0934. The molecule has 3 aromatic rings. The van der Waals surface area contributed by atoms with E-state index in [2.05, 4.69) is 10.4 Å². The Bertz CT molecular complexity index is 1000. The maximum Gasteiger partial charge on any atom is 0.256 e. The van der Waals surface area contributed by atoms with Gasteiger partial charge in [0.2, 0.25) is 0 Å². The van der Waals surface area contributed by atoms with Gasteiger partial charge >= 0.3 is 0 Å². The number of halogens is 2. The maximum atomic E-state index is 13.0. The fraction of sp³-hybridized carbons (Fsp3) is 0.200. The molecule has 138 valence electrons. The number of hydrogen-bond donors (Lipinski definition) is 1. The van der Waals surface area contributed by atoms with Gasteiger partial charge in [0.25, 0.3) is 5.91 Å². The third kappa shape index (κ3) is 3.59. The molecule has 0 saturated carbocycles. The van der Waals surface area contributed by atoms with Gasteiger partial charge in [-0.2, -0.15) is 5.10 Å². The number of amides is 1. The minimum atomic E-state index is -0.220. The molecular weight excluding hydrogens is 401 g/mol. The standard InChI is InChI=1S/C20H17Cl2N3OS/c1-12-18(19(22)25(24-12)14-5-3-2-4-6-14)20(26)23-16-9-10-27-17-8-7-13(21)11-15(16)17/h2-8,11,16H,9-10H2,1H3,(H,23,26). The number of carbonyl (C=O) groups is 1. The Morgan fingerprint density at radius 3 is 2.78 bits per heavy atom. The molecule has 4 rings (SSSR count). The number of fused-ring (bicyclic) bond motifs is 1. The van der Waals surface area contributed by atoms with Crippen LogP contribution < -0.4 is 5.32 Å². The fourth-order valence-corrected chi connectivity index (χ4v) is 4.89. The summed E-state index contributed by atoms with van der Waals surface area (Å²) < 4.78 is 1.59. The van der Waals surface area contributed by atoms with E-state index < -0.39 is 0 Å². The van der Waals surface area contributed by atoms with Crippen molar-refractivity contribution in [3.63, 3.8) is 0 Å². The van der Waals surface area contributed by atoms with E-state index in [9.17, 15) is 4.79 Å². The predicted molar refractivity (Wildman–Crippen MR) is 110 cm³/mol. The van der Waals surface area contributed by atoms with Crippen molar-refractivity contribution >= 4 is 40.9 Å². The molecule has 1 aliphatic rings. The molecule has 0 fully saturated rings. The van der Waals surface area contributed by atoms with Crippen LogP contribution in [0.1, 0.15) is 34.1 Å². The van der Waals surface area contributed by atoms with Gasteiger partial charge in [0, 0.05) is 15.7 Å². The van der Waals surface area contributed by atoms with Crippen molar-refractivity contribution in [1.82, 2.24) is 15.1 Å². The number of hydrogen-bond acceptors (Lipinski definition) is 3. The van der Waals surface area contributed by atoms with Crippen LogP contribution in [0.5, 0.6) is 0 Å². The number of aryl methyl sites for hydroxylation is 1. The molecule has 0 spiro atoms. The molecule has 0 aliphatic carbocycles. The minimum absolute atomic E-state index is 0.0945. The number of nitrogens with zero attached hydrogens (tertiary/aromatic N) is 2. The van der Waals surface area contributed by atoms with Gasteiger partial charge in [0.05, 0.1) is 23.0 Å². The van der Waals surface area contributed by atoms with Gasteiger partial charge in [0.1, 0.15) is 5.15 Å². The second-order valence-electron chi connectivity index (χ2n) is 6.34. The van der Waals surface area contributed by atoms with Gasteiger partial charge < -0.3 is 5.32 Å². The number of rotatable bonds is 3. The zero-order valence-corrected chi connectivity index (χ0v) is 16.9. The number of thioether (sulfide) groups is 1. The first-order chi connectivity index (χ1) is 13.0. The van der Waals surface area contributed by atoms with Gasteiger partial charge in [-0.05, 0) is 49.2 Å². The van der Waals surface area contributed by atoms with E-state index in [4.69, 9.17) is 23.2 Å². The first kappa shape index (κ1) is 18.4. The maximum absolute atomic E-state index is 13.0. The lowest BCUT2D eigenvalue weighted by Gasteiger charge is -2.26. The molecule has 1 aliphatic heterocycles. The summed E-state index contributed by atoms with van der Waals surface area (Å²) >= 11 is 14.5. The summed E-state index contributed by atoms with van der Waals surface area (Å²) in [6.07, 6.45) is 0.841. The molecule has 1 amide bonds. The Labute approximate surface area is 171 Å². The van der Waals surface area contributed by atoms with Crippen LogP contribution in [0.25, 0.3) is 5.69 Å². The summed E-state index contributed by atoms with van der Waals surface area (Å²) in [6.45, 7) is 1.79. The quantitative estimate of drug-likeness (QED) is 0.615. The molecule has 0 radical (unpaired) electrons. The van der Waals surface area contributed by atoms with Crippen LogP contribution in [0, 0.1) is 6.92 Å². The number of aromatic nitrogens is 2. The van der Waals surface area contributed by atoms with Crippen LogP contribution in [-0.2, 0) is 0 Å². The zero-order valence-electron chi connectivity index (χ0n) is 14.6. The smallest absolute Gasteiger partial charge is 0.256 e. The Kier molecular flexibility index (Phi) is 5.17. The monoisotopic (exact) mass is 417 g/mol. The van der Waals surface area contributed by atoms with E-state index in [1.807, 2.05) is 48.5 Å². The molecule has 1 atom stereocenters. The molecule has 0 saturated heterocycles. The normalized spacial score (nSPS) is 16.0. The Morgan fingerprint density at radius 1 is 1.22 bits per heavy atom. The highest BCUT2D eigenvalue weighted by Crippen LogP contribution is 2.38. The van der Waals surface area contributed by atoms with Crippen molar-refractivity contribution in [3.8, 4) is 5.69 Å². The summed E-state index contributed by atoms with van der Waals surface area (Å²) in [7, 11) is 0. The highest BCUT2D eigenvalue weighted by molar-refractivity contribution is 7.99. The Hall–Kier alpha value is -1.95. The van der Waals surface area contributed by atoms with Crippen LogP contribution in [0.4, 0.5) is 0 Å². The van der Waals surface area contributed by atoms with Crippen molar-refractivity contribution in [2.45, 2.75) is 24.3 Å². The van der Waals surface area contributed by atoms with Gasteiger partial charge in [0.15, 0.2) is 0 Å². The van der Waals surface area contributed by atoms with Gasteiger partial charge in [-0.15, -0.1) is 11.8 Å². The summed E-state index contributed by atoms with van der Waals surface area (Å²) in [5.74, 6) is 0.720. The summed E-state index contributed by atoms with van der Waals surface area (Å²) in [5.41, 5.74) is 2.87. The molecule has 2 aromatic carbocycles. The Balaban J connectivity index is 1.64. The van der Waals surface area contributed by atoms with Gasteiger partial charge in [-0.3, -0.25) is 4.79 Å². The average Bonchev–Trinajstić information content (AvgIpc) is 2.97. The molecule has 27 heavy (non-hydrogen) atoms. The molecule has 7 heteroatoms. The highest BCUT2D eigenvalue weighted by Gasteiger charge is 2.27. The van der Waals surface area contributed by atoms with Crippen LogP contribution in [0.15, 0.2) is 53.4 Å². The second kappa shape index (κ2) is 7.58. The number of nitrogens with one attached hydrogen (secondary N) is 1. The zero-order chi connectivity index (χ0) is 19.0. The molecule has 1 unspecified atom stereocenters. The third-order valence-electron chi connectivity index (χ3n) is 4.55. The van der Waals surface area contributed by atoms with Crippen LogP contribution in [-0.4, -0.2) is 21.4 Å². The van der Waals surface area contributed by atoms with E-state index in [1.165, 1.54) is 0 Å². The predicted octanol–water partition coefficient (Wildman–Crippen LogP) is 5.45.